The quantitative estimate of drug-likeness (QED) is 0.411. The summed E-state index contributed by atoms with van der Waals surface area (Å²) in [6, 6.07) is 7.13. The number of nitrogens with one attached hydrogen (secondary N) is 1. The number of hydrogen-bond acceptors (Lipinski definition) is 4. The van der Waals surface area contributed by atoms with Gasteiger partial charge in [0.25, 0.3) is 11.8 Å². The van der Waals surface area contributed by atoms with Gasteiger partial charge in [-0.2, -0.15) is 0 Å². The van der Waals surface area contributed by atoms with Crippen LogP contribution in [-0.2, 0) is 11.3 Å². The third-order valence-electron chi connectivity index (χ3n) is 4.16. The van der Waals surface area contributed by atoms with Crippen molar-refractivity contribution in [2.45, 2.75) is 6.54 Å². The lowest BCUT2D eigenvalue weighted by Gasteiger charge is -2.14. The lowest BCUT2D eigenvalue weighted by Crippen LogP contribution is -2.40. The Morgan fingerprint density at radius 3 is 2.04 bits per heavy atom. The van der Waals surface area contributed by atoms with Crippen LogP contribution < -0.4 is 10.1 Å². The number of imide groups is 1. The van der Waals surface area contributed by atoms with Gasteiger partial charge in [-0.1, -0.05) is 64.6 Å². The van der Waals surface area contributed by atoms with Gasteiger partial charge in [0.15, 0.2) is 0 Å². The van der Waals surface area contributed by atoms with Crippen molar-refractivity contribution >= 4 is 64.1 Å². The zero-order chi connectivity index (χ0) is 20.6. The van der Waals surface area contributed by atoms with Crippen LogP contribution in [0.4, 0.5) is 0 Å². The molecule has 0 aliphatic carbocycles. The predicted octanol–water partition coefficient (Wildman–Crippen LogP) is 4.22. The smallest absolute Gasteiger partial charge is 0.263 e. The lowest BCUT2D eigenvalue weighted by molar-refractivity contribution is -0.121. The second-order valence-electron chi connectivity index (χ2n) is 5.79. The molecule has 28 heavy (non-hydrogen) atoms. The van der Waals surface area contributed by atoms with Gasteiger partial charge in [0.2, 0.25) is 5.91 Å². The number of carbonyl (C=O) groups is 3. The van der Waals surface area contributed by atoms with Crippen molar-refractivity contribution < 1.29 is 19.1 Å². The fraction of sp³-hybridized carbons (Fsp3) is 0.167. The first-order valence-electron chi connectivity index (χ1n) is 7.88. The zero-order valence-electron chi connectivity index (χ0n) is 14.3. The van der Waals surface area contributed by atoms with E-state index in [1.165, 1.54) is 7.11 Å². The molecule has 1 N–H and O–H groups in total. The molecule has 0 fully saturated rings. The van der Waals surface area contributed by atoms with Crippen LogP contribution in [0.25, 0.3) is 0 Å². The van der Waals surface area contributed by atoms with Gasteiger partial charge in [0.05, 0.1) is 38.3 Å². The maximum Gasteiger partial charge on any atom is 0.263 e. The summed E-state index contributed by atoms with van der Waals surface area (Å²) in [7, 11) is 1.52. The van der Waals surface area contributed by atoms with Crippen LogP contribution in [0, 0.1) is 0 Å². The number of hydrogen-bond donors (Lipinski definition) is 1. The van der Waals surface area contributed by atoms with Gasteiger partial charge in [-0.25, -0.2) is 0 Å². The normalized spacial score (nSPS) is 13.0. The number of fused-ring (bicyclic) bond motifs is 1. The Morgan fingerprint density at radius 1 is 0.964 bits per heavy atom. The summed E-state index contributed by atoms with van der Waals surface area (Å²) in [4.78, 5) is 38.3. The highest BCUT2D eigenvalue weighted by atomic mass is 35.5. The van der Waals surface area contributed by atoms with Crippen LogP contribution in [0.5, 0.6) is 5.75 Å². The Kier molecular flexibility index (Phi) is 6.05. The molecule has 0 saturated carbocycles. The predicted molar refractivity (Wildman–Crippen MR) is 107 cm³/mol. The van der Waals surface area contributed by atoms with Gasteiger partial charge in [-0.05, 0) is 6.07 Å². The average molecular weight is 462 g/mol. The van der Waals surface area contributed by atoms with Crippen LogP contribution in [0.15, 0.2) is 24.3 Å². The van der Waals surface area contributed by atoms with Crippen LogP contribution in [0.3, 0.4) is 0 Å². The maximum absolute atomic E-state index is 12.6. The first-order valence-corrected chi connectivity index (χ1v) is 9.39. The maximum atomic E-state index is 12.6. The molecule has 1 aliphatic rings. The number of para-hydroxylation sites is 1. The van der Waals surface area contributed by atoms with Gasteiger partial charge in [0, 0.05) is 12.1 Å². The highest BCUT2D eigenvalue weighted by Crippen LogP contribution is 2.44. The molecule has 3 rings (SSSR count). The SMILES string of the molecule is COc1ccccc1CNC(=O)CN1C(=O)c2c(Cl)c(Cl)c(Cl)c(Cl)c2C1=O. The van der Waals surface area contributed by atoms with Crippen molar-refractivity contribution in [2.24, 2.45) is 0 Å². The molecule has 3 amide bonds. The molecule has 0 saturated heterocycles. The minimum atomic E-state index is -0.766. The number of rotatable bonds is 5. The fourth-order valence-electron chi connectivity index (χ4n) is 2.78. The van der Waals surface area contributed by atoms with Crippen LogP contribution in [0.2, 0.25) is 20.1 Å². The molecule has 0 radical (unpaired) electrons. The third kappa shape index (κ3) is 3.53. The number of methoxy groups -OCH3 is 1. The van der Waals surface area contributed by atoms with Crippen LogP contribution in [-0.4, -0.2) is 36.3 Å². The zero-order valence-corrected chi connectivity index (χ0v) is 17.3. The molecular weight excluding hydrogens is 450 g/mol. The Bertz CT molecular complexity index is 963. The second-order valence-corrected chi connectivity index (χ2v) is 7.30. The Labute approximate surface area is 180 Å². The Balaban J connectivity index is 1.77. The van der Waals surface area contributed by atoms with Crippen LogP contribution >= 0.6 is 46.4 Å². The molecule has 10 heteroatoms. The van der Waals surface area contributed by atoms with E-state index >= 15 is 0 Å². The van der Waals surface area contributed by atoms with E-state index in [4.69, 9.17) is 51.1 Å². The summed E-state index contributed by atoms with van der Waals surface area (Å²) in [6.45, 7) is -0.353. The highest BCUT2D eigenvalue weighted by molar-refractivity contribution is 6.55. The minimum Gasteiger partial charge on any atom is -0.496 e. The molecule has 1 heterocycles. The van der Waals surface area contributed by atoms with Gasteiger partial charge < -0.3 is 10.1 Å². The summed E-state index contributed by atoms with van der Waals surface area (Å²) in [5.41, 5.74) is 0.414. The van der Waals surface area contributed by atoms with E-state index in [2.05, 4.69) is 5.32 Å². The Morgan fingerprint density at radius 2 is 1.50 bits per heavy atom. The molecule has 2 aromatic rings. The largest absolute Gasteiger partial charge is 0.496 e. The van der Waals surface area contributed by atoms with E-state index in [0.717, 1.165) is 10.5 Å². The second kappa shape index (κ2) is 8.17. The average Bonchev–Trinajstić information content (AvgIpc) is 2.94. The van der Waals surface area contributed by atoms with Crippen LogP contribution in [0.1, 0.15) is 26.3 Å². The van der Waals surface area contributed by atoms with Crippen molar-refractivity contribution in [1.29, 1.82) is 0 Å². The molecule has 146 valence electrons. The molecular formula is C18H12Cl4N2O4. The monoisotopic (exact) mass is 460 g/mol. The van der Waals surface area contributed by atoms with Crippen molar-refractivity contribution in [3.8, 4) is 5.75 Å². The number of nitrogens with zero attached hydrogens (tertiary/aromatic N) is 1. The van der Waals surface area contributed by atoms with E-state index < -0.39 is 24.3 Å². The van der Waals surface area contributed by atoms with Gasteiger partial charge in [-0.3, -0.25) is 19.3 Å². The summed E-state index contributed by atoms with van der Waals surface area (Å²) in [5.74, 6) is -1.48. The third-order valence-corrected chi connectivity index (χ3v) is 5.96. The summed E-state index contributed by atoms with van der Waals surface area (Å²) in [6.07, 6.45) is 0. The fourth-order valence-corrected chi connectivity index (χ4v) is 3.80. The van der Waals surface area contributed by atoms with Crippen molar-refractivity contribution in [1.82, 2.24) is 10.2 Å². The van der Waals surface area contributed by atoms with Gasteiger partial charge in [0.1, 0.15) is 12.3 Å². The molecule has 0 atom stereocenters. The van der Waals surface area contributed by atoms with E-state index in [0.29, 0.717) is 5.75 Å². The van der Waals surface area contributed by atoms with Crippen molar-refractivity contribution in [2.75, 3.05) is 13.7 Å². The number of ether oxygens (including phenoxy) is 1. The first kappa shape index (κ1) is 20.7. The number of benzene rings is 2. The molecule has 0 bridgehead atoms. The van der Waals surface area contributed by atoms with E-state index in [1.807, 2.05) is 0 Å². The molecule has 0 spiro atoms. The number of carbonyl (C=O) groups excluding carboxylic acids is 3. The summed E-state index contributed by atoms with van der Waals surface area (Å²) in [5, 5.41) is 2.02. The Hall–Kier alpha value is -1.99. The lowest BCUT2D eigenvalue weighted by atomic mass is 10.1. The summed E-state index contributed by atoms with van der Waals surface area (Å²) < 4.78 is 5.21. The molecule has 6 nitrogen and oxygen atoms in total. The summed E-state index contributed by atoms with van der Waals surface area (Å²) >= 11 is 24.0. The number of amides is 3. The van der Waals surface area contributed by atoms with Crippen molar-refractivity contribution in [3.05, 3.63) is 61.0 Å². The molecule has 1 aliphatic heterocycles. The topological polar surface area (TPSA) is 75.7 Å². The molecule has 0 aromatic heterocycles. The molecule has 2 aromatic carbocycles. The minimum absolute atomic E-state index is 0.129. The number of halogens is 4. The van der Waals surface area contributed by atoms with E-state index in [1.54, 1.807) is 24.3 Å². The van der Waals surface area contributed by atoms with E-state index in [-0.39, 0.29) is 37.8 Å². The highest BCUT2D eigenvalue weighted by Gasteiger charge is 2.42. The van der Waals surface area contributed by atoms with Gasteiger partial charge in [-0.15, -0.1) is 0 Å². The molecule has 0 unspecified atom stereocenters. The first-order chi connectivity index (χ1) is 13.3. The van der Waals surface area contributed by atoms with Crippen molar-refractivity contribution in [3.63, 3.8) is 0 Å². The van der Waals surface area contributed by atoms with E-state index in [9.17, 15) is 14.4 Å². The van der Waals surface area contributed by atoms with Gasteiger partial charge >= 0.3 is 0 Å². The standard InChI is InChI=1S/C18H12Cl4N2O4/c1-28-9-5-3-2-4-8(9)6-23-10(25)7-24-17(26)11-12(18(24)27)14(20)16(22)15(21)13(11)19/h2-5H,6-7H2,1H3,(H,23,25).